The van der Waals surface area contributed by atoms with Gasteiger partial charge in [-0.05, 0) is 30.7 Å². The number of nitrogens with one attached hydrogen (secondary N) is 1. The second kappa shape index (κ2) is 7.23. The Hall–Kier alpha value is -3.13. The summed E-state index contributed by atoms with van der Waals surface area (Å²) >= 11 is 0. The lowest BCUT2D eigenvalue weighted by atomic mass is 10.0. The van der Waals surface area contributed by atoms with Gasteiger partial charge >= 0.3 is 5.97 Å². The molecule has 2 aromatic carbocycles. The Morgan fingerprint density at radius 3 is 2.43 bits per heavy atom. The summed E-state index contributed by atoms with van der Waals surface area (Å²) in [7, 11) is 0. The van der Waals surface area contributed by atoms with Crippen molar-refractivity contribution < 1.29 is 14.7 Å². The van der Waals surface area contributed by atoms with Gasteiger partial charge in [-0.2, -0.15) is 5.26 Å². The van der Waals surface area contributed by atoms with Crippen molar-refractivity contribution in [3.63, 3.8) is 0 Å². The monoisotopic (exact) mass is 308 g/mol. The first-order valence-corrected chi connectivity index (χ1v) is 7.09. The molecule has 0 saturated heterocycles. The minimum atomic E-state index is -1.14. The molecule has 1 atom stereocenters. The molecule has 116 valence electrons. The van der Waals surface area contributed by atoms with Crippen LogP contribution >= 0.6 is 0 Å². The molecule has 0 fully saturated rings. The van der Waals surface area contributed by atoms with Gasteiger partial charge in [-0.3, -0.25) is 4.79 Å². The maximum absolute atomic E-state index is 12.2. The number of carboxylic acid groups (broad SMARTS) is 1. The van der Waals surface area contributed by atoms with E-state index in [9.17, 15) is 14.7 Å². The second-order valence-corrected chi connectivity index (χ2v) is 5.20. The molecule has 0 aliphatic rings. The molecule has 0 aliphatic carbocycles. The molecule has 0 radical (unpaired) electrons. The Bertz CT molecular complexity index is 761. The molecule has 2 rings (SSSR count). The van der Waals surface area contributed by atoms with Gasteiger partial charge in [0, 0.05) is 12.0 Å². The Labute approximate surface area is 134 Å². The fraction of sp³-hybridized carbons (Fsp3) is 0.167. The van der Waals surface area contributed by atoms with Gasteiger partial charge in [0.25, 0.3) is 5.91 Å². The number of carboxylic acids is 1. The molecule has 1 amide bonds. The third kappa shape index (κ3) is 4.17. The van der Waals surface area contributed by atoms with Gasteiger partial charge in [0.15, 0.2) is 0 Å². The maximum Gasteiger partial charge on any atom is 0.326 e. The summed E-state index contributed by atoms with van der Waals surface area (Å²) in [5.41, 5.74) is 2.41. The van der Waals surface area contributed by atoms with E-state index in [0.29, 0.717) is 16.7 Å². The van der Waals surface area contributed by atoms with Crippen molar-refractivity contribution in [1.29, 1.82) is 5.26 Å². The van der Waals surface area contributed by atoms with Crippen LogP contribution in [0.15, 0.2) is 48.5 Å². The lowest BCUT2D eigenvalue weighted by Crippen LogP contribution is -2.42. The van der Waals surface area contributed by atoms with E-state index in [0.717, 1.165) is 5.56 Å². The minimum Gasteiger partial charge on any atom is -0.480 e. The minimum absolute atomic E-state index is 0.0523. The molecule has 2 aromatic rings. The van der Waals surface area contributed by atoms with Crippen molar-refractivity contribution in [2.45, 2.75) is 19.4 Å². The number of carbonyl (C=O) groups is 2. The number of benzene rings is 2. The summed E-state index contributed by atoms with van der Waals surface area (Å²) in [4.78, 5) is 23.6. The molecule has 0 bridgehead atoms. The molecule has 0 heterocycles. The molecule has 0 spiro atoms. The molecule has 5 heteroatoms. The Morgan fingerprint density at radius 2 is 1.83 bits per heavy atom. The van der Waals surface area contributed by atoms with E-state index in [4.69, 9.17) is 5.26 Å². The van der Waals surface area contributed by atoms with Gasteiger partial charge in [0.2, 0.25) is 0 Å². The summed E-state index contributed by atoms with van der Waals surface area (Å²) in [6.45, 7) is 1.90. The van der Waals surface area contributed by atoms with Crippen LogP contribution in [-0.2, 0) is 11.2 Å². The summed E-state index contributed by atoms with van der Waals surface area (Å²) in [5, 5.41) is 20.9. The number of aryl methyl sites for hydroxylation is 1. The molecule has 0 aromatic heterocycles. The standard InChI is InChI=1S/C18H16N2O3/c1-12-6-8-13(9-7-12)17(21)20-16(18(22)23)10-14-4-2-3-5-15(14)11-19/h2-9,16H,10H2,1H3,(H,20,21)(H,22,23). The summed E-state index contributed by atoms with van der Waals surface area (Å²) in [6.07, 6.45) is 0.0523. The van der Waals surface area contributed by atoms with E-state index in [-0.39, 0.29) is 6.42 Å². The van der Waals surface area contributed by atoms with Crippen molar-refractivity contribution in [3.05, 3.63) is 70.8 Å². The third-order valence-electron chi connectivity index (χ3n) is 3.48. The van der Waals surface area contributed by atoms with E-state index >= 15 is 0 Å². The van der Waals surface area contributed by atoms with E-state index in [2.05, 4.69) is 5.32 Å². The zero-order valence-corrected chi connectivity index (χ0v) is 12.6. The number of aliphatic carboxylic acids is 1. The molecule has 5 nitrogen and oxygen atoms in total. The van der Waals surface area contributed by atoms with Gasteiger partial charge < -0.3 is 10.4 Å². The predicted molar refractivity (Wildman–Crippen MR) is 84.9 cm³/mol. The van der Waals surface area contributed by atoms with Crippen molar-refractivity contribution >= 4 is 11.9 Å². The third-order valence-corrected chi connectivity index (χ3v) is 3.48. The van der Waals surface area contributed by atoms with E-state index < -0.39 is 17.9 Å². The van der Waals surface area contributed by atoms with Crippen LogP contribution in [0.2, 0.25) is 0 Å². The van der Waals surface area contributed by atoms with Crippen LogP contribution in [-0.4, -0.2) is 23.0 Å². The lowest BCUT2D eigenvalue weighted by Gasteiger charge is -2.15. The highest BCUT2D eigenvalue weighted by atomic mass is 16.4. The number of hydrogen-bond acceptors (Lipinski definition) is 3. The van der Waals surface area contributed by atoms with Crippen molar-refractivity contribution in [3.8, 4) is 6.07 Å². The van der Waals surface area contributed by atoms with Gasteiger partial charge in [-0.25, -0.2) is 4.79 Å². The first-order valence-electron chi connectivity index (χ1n) is 7.09. The fourth-order valence-electron chi connectivity index (χ4n) is 2.17. The van der Waals surface area contributed by atoms with E-state index in [1.165, 1.54) is 0 Å². The molecule has 0 saturated carbocycles. The number of rotatable bonds is 5. The Kier molecular flexibility index (Phi) is 5.11. The smallest absolute Gasteiger partial charge is 0.326 e. The molecule has 23 heavy (non-hydrogen) atoms. The van der Waals surface area contributed by atoms with Gasteiger partial charge in [-0.15, -0.1) is 0 Å². The molecule has 2 N–H and O–H groups in total. The van der Waals surface area contributed by atoms with Crippen molar-refractivity contribution in [2.24, 2.45) is 0 Å². The first-order chi connectivity index (χ1) is 11.0. The Balaban J connectivity index is 2.16. The van der Waals surface area contributed by atoms with Crippen molar-refractivity contribution in [1.82, 2.24) is 5.32 Å². The van der Waals surface area contributed by atoms with Crippen LogP contribution in [0.25, 0.3) is 0 Å². The summed E-state index contributed by atoms with van der Waals surface area (Å²) in [6, 6.07) is 14.5. The van der Waals surface area contributed by atoms with Crippen molar-refractivity contribution in [2.75, 3.05) is 0 Å². The van der Waals surface area contributed by atoms with Crippen LogP contribution in [0.5, 0.6) is 0 Å². The fourth-order valence-corrected chi connectivity index (χ4v) is 2.17. The highest BCUT2D eigenvalue weighted by Gasteiger charge is 2.22. The molecular formula is C18H16N2O3. The van der Waals surface area contributed by atoms with Crippen LogP contribution in [0.3, 0.4) is 0 Å². The molecule has 0 aliphatic heterocycles. The van der Waals surface area contributed by atoms with Crippen LogP contribution in [0, 0.1) is 18.3 Å². The van der Waals surface area contributed by atoms with Crippen LogP contribution < -0.4 is 5.32 Å². The quantitative estimate of drug-likeness (QED) is 0.886. The number of hydrogen-bond donors (Lipinski definition) is 2. The topological polar surface area (TPSA) is 90.2 Å². The lowest BCUT2D eigenvalue weighted by molar-refractivity contribution is -0.139. The summed E-state index contributed by atoms with van der Waals surface area (Å²) in [5.74, 6) is -1.59. The highest BCUT2D eigenvalue weighted by molar-refractivity contribution is 5.96. The van der Waals surface area contributed by atoms with E-state index in [1.54, 1.807) is 48.5 Å². The number of nitriles is 1. The number of nitrogens with zero attached hydrogens (tertiary/aromatic N) is 1. The zero-order chi connectivity index (χ0) is 16.8. The van der Waals surface area contributed by atoms with Crippen LogP contribution in [0.4, 0.5) is 0 Å². The first kappa shape index (κ1) is 16.2. The Morgan fingerprint density at radius 1 is 1.17 bits per heavy atom. The normalized spacial score (nSPS) is 11.3. The highest BCUT2D eigenvalue weighted by Crippen LogP contribution is 2.11. The van der Waals surface area contributed by atoms with Crippen LogP contribution in [0.1, 0.15) is 27.0 Å². The largest absolute Gasteiger partial charge is 0.480 e. The van der Waals surface area contributed by atoms with Gasteiger partial charge in [0.1, 0.15) is 6.04 Å². The van der Waals surface area contributed by atoms with E-state index in [1.807, 2.05) is 13.0 Å². The number of amides is 1. The summed E-state index contributed by atoms with van der Waals surface area (Å²) < 4.78 is 0. The predicted octanol–water partition coefficient (Wildman–Crippen LogP) is 2.29. The SMILES string of the molecule is Cc1ccc(C(=O)NC(Cc2ccccc2C#N)C(=O)O)cc1. The molecular weight excluding hydrogens is 292 g/mol. The van der Waals surface area contributed by atoms with Gasteiger partial charge in [-0.1, -0.05) is 35.9 Å². The average molecular weight is 308 g/mol. The molecule has 1 unspecified atom stereocenters. The average Bonchev–Trinajstić information content (AvgIpc) is 2.55. The zero-order valence-electron chi connectivity index (χ0n) is 12.6. The maximum atomic E-state index is 12.2. The second-order valence-electron chi connectivity index (χ2n) is 5.20. The number of carbonyl (C=O) groups excluding carboxylic acids is 1. The van der Waals surface area contributed by atoms with Gasteiger partial charge in [0.05, 0.1) is 11.6 Å².